The average Bonchev–Trinajstić information content (AvgIpc) is 2.51. The summed E-state index contributed by atoms with van der Waals surface area (Å²) in [5.74, 6) is 0.402. The second kappa shape index (κ2) is 9.18. The third-order valence-corrected chi connectivity index (χ3v) is 4.16. The van der Waals surface area contributed by atoms with Gasteiger partial charge in [-0.25, -0.2) is 0 Å². The van der Waals surface area contributed by atoms with Gasteiger partial charge in [-0.15, -0.1) is 0 Å². The zero-order valence-corrected chi connectivity index (χ0v) is 13.8. The fourth-order valence-electron chi connectivity index (χ4n) is 2.38. The number of benzene rings is 1. The summed E-state index contributed by atoms with van der Waals surface area (Å²) in [6.45, 7) is 2.88. The highest BCUT2D eigenvalue weighted by molar-refractivity contribution is 5.95. The number of nitrogens with one attached hydrogen (secondary N) is 2. The SMILES string of the molecule is CCCCCCOc1ccc(C(=O)NNC(=O)C2CCC2)cc1. The van der Waals surface area contributed by atoms with Crippen LogP contribution in [0.3, 0.4) is 0 Å². The fourth-order valence-corrected chi connectivity index (χ4v) is 2.38. The third kappa shape index (κ3) is 5.58. The Kier molecular flexibility index (Phi) is 6.91. The van der Waals surface area contributed by atoms with Gasteiger partial charge in [-0.05, 0) is 43.5 Å². The van der Waals surface area contributed by atoms with E-state index in [0.717, 1.165) is 31.4 Å². The maximum Gasteiger partial charge on any atom is 0.269 e. The Morgan fingerprint density at radius 2 is 1.83 bits per heavy atom. The van der Waals surface area contributed by atoms with E-state index in [0.29, 0.717) is 12.2 Å². The lowest BCUT2D eigenvalue weighted by Gasteiger charge is -2.23. The Morgan fingerprint density at radius 3 is 2.43 bits per heavy atom. The number of rotatable bonds is 8. The molecule has 0 radical (unpaired) electrons. The highest BCUT2D eigenvalue weighted by Crippen LogP contribution is 2.25. The zero-order valence-electron chi connectivity index (χ0n) is 13.8. The Balaban J connectivity index is 1.70. The topological polar surface area (TPSA) is 67.4 Å². The summed E-state index contributed by atoms with van der Waals surface area (Å²) in [7, 11) is 0. The molecule has 2 amide bonds. The van der Waals surface area contributed by atoms with Crippen LogP contribution in [-0.2, 0) is 4.79 Å². The molecule has 1 saturated carbocycles. The van der Waals surface area contributed by atoms with Crippen LogP contribution < -0.4 is 15.6 Å². The number of carbonyl (C=O) groups excluding carboxylic acids is 2. The van der Waals surface area contributed by atoms with Crippen LogP contribution in [0.25, 0.3) is 0 Å². The quantitative estimate of drug-likeness (QED) is 0.571. The molecule has 1 fully saturated rings. The van der Waals surface area contributed by atoms with Gasteiger partial charge in [-0.1, -0.05) is 32.6 Å². The Labute approximate surface area is 137 Å². The van der Waals surface area contributed by atoms with Gasteiger partial charge < -0.3 is 4.74 Å². The molecule has 0 atom stereocenters. The minimum Gasteiger partial charge on any atom is -0.494 e. The number of amides is 2. The Morgan fingerprint density at radius 1 is 1.09 bits per heavy atom. The molecule has 2 rings (SSSR count). The van der Waals surface area contributed by atoms with Gasteiger partial charge in [0.25, 0.3) is 5.91 Å². The van der Waals surface area contributed by atoms with E-state index < -0.39 is 0 Å². The van der Waals surface area contributed by atoms with Crippen molar-refractivity contribution in [1.29, 1.82) is 0 Å². The maximum atomic E-state index is 12.0. The number of hydrogen-bond donors (Lipinski definition) is 2. The summed E-state index contributed by atoms with van der Waals surface area (Å²) in [5, 5.41) is 0. The van der Waals surface area contributed by atoms with E-state index in [2.05, 4.69) is 17.8 Å². The fraction of sp³-hybridized carbons (Fsp3) is 0.556. The van der Waals surface area contributed by atoms with Crippen molar-refractivity contribution in [2.24, 2.45) is 5.92 Å². The van der Waals surface area contributed by atoms with Gasteiger partial charge in [0.15, 0.2) is 0 Å². The molecule has 0 bridgehead atoms. The normalized spacial score (nSPS) is 14.0. The molecule has 0 saturated heterocycles. The van der Waals surface area contributed by atoms with Crippen LogP contribution in [0.2, 0.25) is 0 Å². The van der Waals surface area contributed by atoms with Crippen LogP contribution in [0, 0.1) is 5.92 Å². The van der Waals surface area contributed by atoms with Gasteiger partial charge >= 0.3 is 0 Å². The smallest absolute Gasteiger partial charge is 0.269 e. The predicted molar refractivity (Wildman–Crippen MR) is 89.0 cm³/mol. The number of unbranched alkanes of at least 4 members (excludes halogenated alkanes) is 3. The van der Waals surface area contributed by atoms with Crippen LogP contribution >= 0.6 is 0 Å². The summed E-state index contributed by atoms with van der Waals surface area (Å²) in [6.07, 6.45) is 7.57. The lowest BCUT2D eigenvalue weighted by Crippen LogP contribution is -2.45. The molecule has 5 nitrogen and oxygen atoms in total. The second-order valence-corrected chi connectivity index (χ2v) is 6.00. The minimum atomic E-state index is -0.313. The van der Waals surface area contributed by atoms with Crippen LogP contribution in [-0.4, -0.2) is 18.4 Å². The Bertz CT molecular complexity index is 510. The van der Waals surface area contributed by atoms with Crippen LogP contribution in [0.1, 0.15) is 62.2 Å². The molecule has 0 heterocycles. The lowest BCUT2D eigenvalue weighted by atomic mass is 9.85. The third-order valence-electron chi connectivity index (χ3n) is 4.16. The first-order valence-corrected chi connectivity index (χ1v) is 8.53. The molecule has 0 aliphatic heterocycles. The number of hydrogen-bond acceptors (Lipinski definition) is 3. The monoisotopic (exact) mass is 318 g/mol. The van der Waals surface area contributed by atoms with E-state index in [-0.39, 0.29) is 17.7 Å². The zero-order chi connectivity index (χ0) is 16.5. The molecule has 5 heteroatoms. The van der Waals surface area contributed by atoms with Crippen LogP contribution in [0.15, 0.2) is 24.3 Å². The Hall–Kier alpha value is -2.04. The van der Waals surface area contributed by atoms with Gasteiger partial charge in [0, 0.05) is 11.5 Å². The molecular formula is C18H26N2O3. The summed E-state index contributed by atoms with van der Waals surface area (Å²) in [5.41, 5.74) is 5.43. The molecule has 1 aliphatic rings. The minimum absolute atomic E-state index is 0.0544. The molecule has 0 unspecified atom stereocenters. The van der Waals surface area contributed by atoms with E-state index in [1.54, 1.807) is 24.3 Å². The highest BCUT2D eigenvalue weighted by atomic mass is 16.5. The first-order valence-electron chi connectivity index (χ1n) is 8.53. The maximum absolute atomic E-state index is 12.0. The molecule has 1 aromatic rings. The molecule has 1 aromatic carbocycles. The predicted octanol–water partition coefficient (Wildman–Crippen LogP) is 3.21. The van der Waals surface area contributed by atoms with E-state index in [1.807, 2.05) is 0 Å². The molecule has 2 N–H and O–H groups in total. The van der Waals surface area contributed by atoms with Crippen molar-refractivity contribution in [3.63, 3.8) is 0 Å². The van der Waals surface area contributed by atoms with Crippen LogP contribution in [0.4, 0.5) is 0 Å². The van der Waals surface area contributed by atoms with Crippen molar-refractivity contribution >= 4 is 11.8 Å². The van der Waals surface area contributed by atoms with Crippen molar-refractivity contribution in [3.05, 3.63) is 29.8 Å². The van der Waals surface area contributed by atoms with E-state index in [4.69, 9.17) is 4.74 Å². The van der Waals surface area contributed by atoms with Crippen molar-refractivity contribution < 1.29 is 14.3 Å². The molecular weight excluding hydrogens is 292 g/mol. The average molecular weight is 318 g/mol. The lowest BCUT2D eigenvalue weighted by molar-refractivity contribution is -0.128. The highest BCUT2D eigenvalue weighted by Gasteiger charge is 2.25. The molecule has 23 heavy (non-hydrogen) atoms. The largest absolute Gasteiger partial charge is 0.494 e. The van der Waals surface area contributed by atoms with Crippen molar-refractivity contribution in [2.45, 2.75) is 51.9 Å². The van der Waals surface area contributed by atoms with Gasteiger partial charge in [0.2, 0.25) is 5.91 Å². The molecule has 126 valence electrons. The summed E-state index contributed by atoms with van der Waals surface area (Å²) >= 11 is 0. The first kappa shape index (κ1) is 17.3. The molecule has 0 spiro atoms. The molecule has 0 aromatic heterocycles. The van der Waals surface area contributed by atoms with E-state index in [1.165, 1.54) is 19.3 Å². The number of carbonyl (C=O) groups is 2. The second-order valence-electron chi connectivity index (χ2n) is 6.00. The van der Waals surface area contributed by atoms with E-state index in [9.17, 15) is 9.59 Å². The van der Waals surface area contributed by atoms with Gasteiger partial charge in [0.05, 0.1) is 6.61 Å². The summed E-state index contributed by atoms with van der Waals surface area (Å²) < 4.78 is 5.64. The summed E-state index contributed by atoms with van der Waals surface area (Å²) in [4.78, 5) is 23.6. The van der Waals surface area contributed by atoms with E-state index >= 15 is 0 Å². The number of hydrazine groups is 1. The van der Waals surface area contributed by atoms with Gasteiger partial charge in [0.1, 0.15) is 5.75 Å². The van der Waals surface area contributed by atoms with Crippen molar-refractivity contribution in [3.8, 4) is 5.75 Å². The van der Waals surface area contributed by atoms with Gasteiger partial charge in [-0.3, -0.25) is 20.4 Å². The van der Waals surface area contributed by atoms with Crippen molar-refractivity contribution in [1.82, 2.24) is 10.9 Å². The van der Waals surface area contributed by atoms with Gasteiger partial charge in [-0.2, -0.15) is 0 Å². The number of ether oxygens (including phenoxy) is 1. The molecule has 1 aliphatic carbocycles. The van der Waals surface area contributed by atoms with Crippen LogP contribution in [0.5, 0.6) is 5.75 Å². The first-order chi connectivity index (χ1) is 11.2. The van der Waals surface area contributed by atoms with Crippen molar-refractivity contribution in [2.75, 3.05) is 6.61 Å². The standard InChI is InChI=1S/C18H26N2O3/c1-2-3-4-5-13-23-16-11-9-15(10-12-16)18(22)20-19-17(21)14-7-6-8-14/h9-12,14H,2-8,13H2,1H3,(H,19,21)(H,20,22). The summed E-state index contributed by atoms with van der Waals surface area (Å²) in [6, 6.07) is 6.96.